The Morgan fingerprint density at radius 3 is 2.89 bits per heavy atom. The van der Waals surface area contributed by atoms with Crippen LogP contribution in [-0.2, 0) is 0 Å². The van der Waals surface area contributed by atoms with Gasteiger partial charge in [0.2, 0.25) is 5.82 Å². The van der Waals surface area contributed by atoms with Crippen molar-refractivity contribution in [2.75, 3.05) is 30.7 Å². The lowest BCUT2D eigenvalue weighted by Gasteiger charge is -2.19. The fourth-order valence-corrected chi connectivity index (χ4v) is 2.10. The van der Waals surface area contributed by atoms with Crippen LogP contribution in [0.25, 0.3) is 0 Å². The maximum atomic E-state index is 10.9. The molecule has 1 aliphatic rings. The largest absolute Gasteiger partial charge is 0.384 e. The third-order valence-electron chi connectivity index (χ3n) is 3.25. The normalized spacial score (nSPS) is 14.6. The summed E-state index contributed by atoms with van der Waals surface area (Å²) in [6.07, 6.45) is 2.51. The van der Waals surface area contributed by atoms with Crippen LogP contribution in [0.2, 0.25) is 0 Å². The van der Waals surface area contributed by atoms with Crippen molar-refractivity contribution in [1.29, 1.82) is 0 Å². The minimum atomic E-state index is -0.451. The van der Waals surface area contributed by atoms with Gasteiger partial charge in [0.05, 0.1) is 4.92 Å². The SMILES string of the molecule is CCN(CCNc1nc(N)ccc1[N+](=O)[O-])C1CC1. The van der Waals surface area contributed by atoms with Gasteiger partial charge in [-0.3, -0.25) is 15.0 Å². The number of nitro groups is 1. The number of anilines is 2. The van der Waals surface area contributed by atoms with Crippen molar-refractivity contribution < 1.29 is 4.92 Å². The maximum Gasteiger partial charge on any atom is 0.311 e. The number of rotatable bonds is 7. The Hall–Kier alpha value is -1.89. The van der Waals surface area contributed by atoms with E-state index < -0.39 is 4.92 Å². The molecule has 7 heteroatoms. The summed E-state index contributed by atoms with van der Waals surface area (Å²) < 4.78 is 0. The summed E-state index contributed by atoms with van der Waals surface area (Å²) in [6, 6.07) is 3.50. The summed E-state index contributed by atoms with van der Waals surface area (Å²) in [6.45, 7) is 4.61. The van der Waals surface area contributed by atoms with Crippen LogP contribution in [0.3, 0.4) is 0 Å². The molecule has 0 unspecified atom stereocenters. The molecule has 2 rings (SSSR count). The number of likely N-dealkylation sites (N-methyl/N-ethyl adjacent to an activating group) is 1. The molecule has 0 radical (unpaired) electrons. The van der Waals surface area contributed by atoms with Crippen molar-refractivity contribution >= 4 is 17.3 Å². The highest BCUT2D eigenvalue weighted by Crippen LogP contribution is 2.26. The van der Waals surface area contributed by atoms with Gasteiger partial charge in [-0.25, -0.2) is 4.98 Å². The number of aromatic nitrogens is 1. The molecule has 0 aromatic carbocycles. The molecule has 0 saturated heterocycles. The third kappa shape index (κ3) is 3.54. The van der Waals surface area contributed by atoms with E-state index in [0.717, 1.165) is 13.1 Å². The van der Waals surface area contributed by atoms with E-state index in [1.807, 2.05) is 0 Å². The Morgan fingerprint density at radius 2 is 2.32 bits per heavy atom. The van der Waals surface area contributed by atoms with Gasteiger partial charge in [-0.05, 0) is 25.5 Å². The lowest BCUT2D eigenvalue weighted by Crippen LogP contribution is -2.31. The van der Waals surface area contributed by atoms with Crippen LogP contribution < -0.4 is 11.1 Å². The Bertz CT molecular complexity index is 461. The van der Waals surface area contributed by atoms with Gasteiger partial charge in [0.15, 0.2) is 0 Å². The number of nitrogens with zero attached hydrogens (tertiary/aromatic N) is 3. The topological polar surface area (TPSA) is 97.3 Å². The Balaban J connectivity index is 1.94. The van der Waals surface area contributed by atoms with Gasteiger partial charge in [0, 0.05) is 25.2 Å². The standard InChI is InChI=1S/C12H19N5O2/c1-2-16(9-3-4-9)8-7-14-12-10(17(18)19)5-6-11(13)15-12/h5-6,9H,2-4,7-8H2,1H3,(H3,13,14,15). The minimum Gasteiger partial charge on any atom is -0.384 e. The first-order valence-corrected chi connectivity index (χ1v) is 6.50. The lowest BCUT2D eigenvalue weighted by molar-refractivity contribution is -0.384. The van der Waals surface area contributed by atoms with Crippen LogP contribution in [0.15, 0.2) is 12.1 Å². The van der Waals surface area contributed by atoms with Crippen LogP contribution in [-0.4, -0.2) is 40.5 Å². The molecule has 0 amide bonds. The van der Waals surface area contributed by atoms with Crippen molar-refractivity contribution in [3.05, 3.63) is 22.2 Å². The van der Waals surface area contributed by atoms with E-state index in [0.29, 0.717) is 12.6 Å². The highest BCUT2D eigenvalue weighted by Gasteiger charge is 2.27. The number of nitrogens with one attached hydrogen (secondary N) is 1. The van der Waals surface area contributed by atoms with E-state index in [-0.39, 0.29) is 17.3 Å². The molecule has 7 nitrogen and oxygen atoms in total. The zero-order chi connectivity index (χ0) is 13.8. The molecule has 19 heavy (non-hydrogen) atoms. The van der Waals surface area contributed by atoms with Gasteiger partial charge in [-0.2, -0.15) is 0 Å². The second-order valence-electron chi connectivity index (χ2n) is 4.65. The van der Waals surface area contributed by atoms with Crippen molar-refractivity contribution in [2.45, 2.75) is 25.8 Å². The van der Waals surface area contributed by atoms with Crippen LogP contribution in [0.1, 0.15) is 19.8 Å². The predicted octanol–water partition coefficient (Wildman–Crippen LogP) is 1.47. The summed E-state index contributed by atoms with van der Waals surface area (Å²) in [4.78, 5) is 16.8. The van der Waals surface area contributed by atoms with Crippen LogP contribution in [0, 0.1) is 10.1 Å². The quantitative estimate of drug-likeness (QED) is 0.572. The average Bonchev–Trinajstić information content (AvgIpc) is 3.18. The molecule has 0 bridgehead atoms. The first kappa shape index (κ1) is 13.5. The first-order chi connectivity index (χ1) is 9.11. The molecule has 104 valence electrons. The van der Waals surface area contributed by atoms with Crippen molar-refractivity contribution in [1.82, 2.24) is 9.88 Å². The zero-order valence-corrected chi connectivity index (χ0v) is 11.0. The van der Waals surface area contributed by atoms with E-state index in [4.69, 9.17) is 5.73 Å². The molecular weight excluding hydrogens is 246 g/mol. The van der Waals surface area contributed by atoms with Crippen LogP contribution >= 0.6 is 0 Å². The number of nitrogen functional groups attached to an aromatic ring is 1. The molecule has 0 atom stereocenters. The average molecular weight is 265 g/mol. The van der Waals surface area contributed by atoms with Gasteiger partial charge < -0.3 is 11.1 Å². The van der Waals surface area contributed by atoms with Gasteiger partial charge in [-0.1, -0.05) is 6.92 Å². The van der Waals surface area contributed by atoms with E-state index in [2.05, 4.69) is 22.1 Å². The third-order valence-corrected chi connectivity index (χ3v) is 3.25. The lowest BCUT2D eigenvalue weighted by atomic mass is 10.3. The van der Waals surface area contributed by atoms with Gasteiger partial charge in [0.1, 0.15) is 5.82 Å². The van der Waals surface area contributed by atoms with Crippen LogP contribution in [0.4, 0.5) is 17.3 Å². The number of hydrogen-bond acceptors (Lipinski definition) is 6. The fraction of sp³-hybridized carbons (Fsp3) is 0.583. The summed E-state index contributed by atoms with van der Waals surface area (Å²) in [7, 11) is 0. The molecule has 1 aromatic rings. The highest BCUT2D eigenvalue weighted by molar-refractivity contribution is 5.59. The van der Waals surface area contributed by atoms with Crippen molar-refractivity contribution in [3.8, 4) is 0 Å². The molecule has 1 fully saturated rings. The molecule has 1 heterocycles. The molecule has 1 aliphatic carbocycles. The maximum absolute atomic E-state index is 10.9. The Kier molecular flexibility index (Phi) is 4.16. The molecular formula is C12H19N5O2. The summed E-state index contributed by atoms with van der Waals surface area (Å²) in [5, 5.41) is 13.9. The van der Waals surface area contributed by atoms with Gasteiger partial charge >= 0.3 is 5.69 Å². The van der Waals surface area contributed by atoms with Crippen LogP contribution in [0.5, 0.6) is 0 Å². The van der Waals surface area contributed by atoms with E-state index in [1.165, 1.54) is 25.0 Å². The summed E-state index contributed by atoms with van der Waals surface area (Å²) in [5.74, 6) is 0.527. The number of pyridine rings is 1. The number of nitrogens with two attached hydrogens (primary N) is 1. The molecule has 0 aliphatic heterocycles. The second-order valence-corrected chi connectivity index (χ2v) is 4.65. The van der Waals surface area contributed by atoms with E-state index >= 15 is 0 Å². The number of hydrogen-bond donors (Lipinski definition) is 2. The van der Waals surface area contributed by atoms with Gasteiger partial charge in [-0.15, -0.1) is 0 Å². The molecule has 0 spiro atoms. The van der Waals surface area contributed by atoms with Crippen molar-refractivity contribution in [2.24, 2.45) is 0 Å². The Morgan fingerprint density at radius 1 is 1.58 bits per heavy atom. The van der Waals surface area contributed by atoms with E-state index in [9.17, 15) is 10.1 Å². The first-order valence-electron chi connectivity index (χ1n) is 6.50. The Labute approximate surface area is 112 Å². The monoisotopic (exact) mass is 265 g/mol. The summed E-state index contributed by atoms with van der Waals surface area (Å²) in [5.41, 5.74) is 5.52. The molecule has 1 aromatic heterocycles. The van der Waals surface area contributed by atoms with Crippen molar-refractivity contribution in [3.63, 3.8) is 0 Å². The molecule has 3 N–H and O–H groups in total. The fourth-order valence-electron chi connectivity index (χ4n) is 2.10. The van der Waals surface area contributed by atoms with Gasteiger partial charge in [0.25, 0.3) is 0 Å². The second kappa shape index (κ2) is 5.83. The van der Waals surface area contributed by atoms with E-state index in [1.54, 1.807) is 0 Å². The molecule has 1 saturated carbocycles. The summed E-state index contributed by atoms with van der Waals surface area (Å²) >= 11 is 0. The minimum absolute atomic E-state index is 0.0383. The smallest absolute Gasteiger partial charge is 0.311 e. The predicted molar refractivity (Wildman–Crippen MR) is 74.1 cm³/mol. The highest BCUT2D eigenvalue weighted by atomic mass is 16.6. The zero-order valence-electron chi connectivity index (χ0n) is 11.0.